The van der Waals surface area contributed by atoms with Crippen LogP contribution in [0.1, 0.15) is 24.8 Å². The molecule has 1 fully saturated rings. The molecule has 1 aromatic carbocycles. The van der Waals surface area contributed by atoms with Gasteiger partial charge in [-0.2, -0.15) is 5.26 Å². The Morgan fingerprint density at radius 1 is 1.11 bits per heavy atom. The van der Waals surface area contributed by atoms with E-state index >= 15 is 0 Å². The molecule has 2 unspecified atom stereocenters. The summed E-state index contributed by atoms with van der Waals surface area (Å²) in [7, 11) is 4.81. The number of hydrogen-bond donors (Lipinski definition) is 0. The number of methoxy groups -OCH3 is 3. The van der Waals surface area contributed by atoms with Gasteiger partial charge < -0.3 is 14.2 Å². The van der Waals surface area contributed by atoms with Crippen molar-refractivity contribution in [3.05, 3.63) is 17.7 Å². The normalized spacial score (nSPS) is 25.2. The lowest BCUT2D eigenvalue weighted by Gasteiger charge is -2.14. The monoisotopic (exact) mass is 247 g/mol. The van der Waals surface area contributed by atoms with Crippen molar-refractivity contribution in [2.75, 3.05) is 21.3 Å². The van der Waals surface area contributed by atoms with E-state index < -0.39 is 0 Å². The lowest BCUT2D eigenvalue weighted by atomic mass is 10.0. The Hall–Kier alpha value is -1.89. The van der Waals surface area contributed by atoms with Gasteiger partial charge in [-0.1, -0.05) is 0 Å². The molecule has 0 spiro atoms. The van der Waals surface area contributed by atoms with E-state index in [-0.39, 0.29) is 11.3 Å². The predicted octanol–water partition coefficient (Wildman–Crippen LogP) is 2.73. The van der Waals surface area contributed by atoms with E-state index in [1.54, 1.807) is 21.3 Å². The molecule has 4 heteroatoms. The van der Waals surface area contributed by atoms with Crippen molar-refractivity contribution in [3.8, 4) is 23.3 Å². The van der Waals surface area contributed by atoms with E-state index in [4.69, 9.17) is 19.5 Å². The van der Waals surface area contributed by atoms with E-state index in [0.29, 0.717) is 11.5 Å². The summed E-state index contributed by atoms with van der Waals surface area (Å²) < 4.78 is 15.9. The predicted molar refractivity (Wildman–Crippen MR) is 67.2 cm³/mol. The zero-order valence-corrected chi connectivity index (χ0v) is 11.1. The Morgan fingerprint density at radius 3 is 2.11 bits per heavy atom. The Labute approximate surface area is 107 Å². The molecule has 18 heavy (non-hydrogen) atoms. The van der Waals surface area contributed by atoms with Gasteiger partial charge >= 0.3 is 0 Å². The summed E-state index contributed by atoms with van der Waals surface area (Å²) in [6, 6.07) is 6.07. The minimum Gasteiger partial charge on any atom is -0.496 e. The highest BCUT2D eigenvalue weighted by Gasteiger charge is 2.52. The minimum atomic E-state index is -0.285. The van der Waals surface area contributed by atoms with E-state index in [0.717, 1.165) is 17.7 Å². The molecule has 0 aromatic heterocycles. The maximum Gasteiger partial charge on any atom is 0.164 e. The van der Waals surface area contributed by atoms with Gasteiger partial charge in [0.2, 0.25) is 0 Å². The second-order valence-corrected chi connectivity index (χ2v) is 4.74. The molecule has 0 amide bonds. The molecular formula is C14H17NO3. The SMILES string of the molecule is COc1cc(OC)c(C2CC2(C)C#N)cc1OC. The summed E-state index contributed by atoms with van der Waals surface area (Å²) >= 11 is 0. The molecular weight excluding hydrogens is 230 g/mol. The van der Waals surface area contributed by atoms with Gasteiger partial charge in [-0.3, -0.25) is 0 Å². The van der Waals surface area contributed by atoms with Gasteiger partial charge in [0, 0.05) is 17.5 Å². The average molecular weight is 247 g/mol. The van der Waals surface area contributed by atoms with Crippen LogP contribution in [0.4, 0.5) is 0 Å². The van der Waals surface area contributed by atoms with Crippen molar-refractivity contribution in [1.82, 2.24) is 0 Å². The summed E-state index contributed by atoms with van der Waals surface area (Å²) in [6.45, 7) is 1.97. The van der Waals surface area contributed by atoms with Gasteiger partial charge in [-0.05, 0) is 19.4 Å². The van der Waals surface area contributed by atoms with Crippen molar-refractivity contribution >= 4 is 0 Å². The molecule has 2 atom stereocenters. The number of benzene rings is 1. The number of hydrogen-bond acceptors (Lipinski definition) is 4. The minimum absolute atomic E-state index is 0.206. The first kappa shape index (κ1) is 12.6. The number of ether oxygens (including phenoxy) is 3. The van der Waals surface area contributed by atoms with Crippen molar-refractivity contribution in [2.24, 2.45) is 5.41 Å². The topological polar surface area (TPSA) is 51.5 Å². The molecule has 1 saturated carbocycles. The second-order valence-electron chi connectivity index (χ2n) is 4.74. The van der Waals surface area contributed by atoms with Crippen LogP contribution in [0.5, 0.6) is 17.2 Å². The fourth-order valence-electron chi connectivity index (χ4n) is 2.27. The van der Waals surface area contributed by atoms with Gasteiger partial charge in [0.25, 0.3) is 0 Å². The van der Waals surface area contributed by atoms with E-state index in [1.807, 2.05) is 19.1 Å². The number of rotatable bonds is 4. The number of nitrogens with zero attached hydrogens (tertiary/aromatic N) is 1. The molecule has 0 heterocycles. The fourth-order valence-corrected chi connectivity index (χ4v) is 2.27. The molecule has 96 valence electrons. The van der Waals surface area contributed by atoms with E-state index in [9.17, 15) is 0 Å². The molecule has 0 aliphatic heterocycles. The summed E-state index contributed by atoms with van der Waals surface area (Å²) in [5.41, 5.74) is 0.728. The Balaban J connectivity index is 2.45. The van der Waals surface area contributed by atoms with Crippen LogP contribution in [0.15, 0.2) is 12.1 Å². The van der Waals surface area contributed by atoms with Crippen LogP contribution in [0.25, 0.3) is 0 Å². The highest BCUT2D eigenvalue weighted by Crippen LogP contribution is 2.61. The van der Waals surface area contributed by atoms with Gasteiger partial charge in [0.1, 0.15) is 5.75 Å². The van der Waals surface area contributed by atoms with Crippen molar-refractivity contribution in [3.63, 3.8) is 0 Å². The van der Waals surface area contributed by atoms with E-state index in [1.165, 1.54) is 0 Å². The fraction of sp³-hybridized carbons (Fsp3) is 0.500. The third kappa shape index (κ3) is 1.86. The van der Waals surface area contributed by atoms with Crippen LogP contribution in [0, 0.1) is 16.7 Å². The second kappa shape index (κ2) is 4.41. The molecule has 1 aromatic rings. The van der Waals surface area contributed by atoms with Crippen molar-refractivity contribution in [1.29, 1.82) is 5.26 Å². The number of nitriles is 1. The summed E-state index contributed by atoms with van der Waals surface area (Å²) in [5, 5.41) is 9.14. The lowest BCUT2D eigenvalue weighted by molar-refractivity contribution is 0.347. The highest BCUT2D eigenvalue weighted by atomic mass is 16.5. The molecule has 0 saturated heterocycles. The van der Waals surface area contributed by atoms with E-state index in [2.05, 4.69) is 6.07 Å². The summed E-state index contributed by atoms with van der Waals surface area (Å²) in [6.07, 6.45) is 0.856. The molecule has 2 rings (SSSR count). The molecule has 0 bridgehead atoms. The first-order valence-corrected chi connectivity index (χ1v) is 5.80. The van der Waals surface area contributed by atoms with Crippen LogP contribution in [-0.2, 0) is 0 Å². The van der Waals surface area contributed by atoms with Crippen LogP contribution in [-0.4, -0.2) is 21.3 Å². The smallest absolute Gasteiger partial charge is 0.164 e. The quantitative estimate of drug-likeness (QED) is 0.820. The van der Waals surface area contributed by atoms with Gasteiger partial charge in [0.15, 0.2) is 11.5 Å². The summed E-state index contributed by atoms with van der Waals surface area (Å²) in [4.78, 5) is 0. The third-order valence-corrected chi connectivity index (χ3v) is 3.60. The first-order chi connectivity index (χ1) is 8.59. The Kier molecular flexibility index (Phi) is 3.08. The lowest BCUT2D eigenvalue weighted by Crippen LogP contribution is -1.99. The van der Waals surface area contributed by atoms with Crippen LogP contribution >= 0.6 is 0 Å². The van der Waals surface area contributed by atoms with Gasteiger partial charge in [-0.15, -0.1) is 0 Å². The van der Waals surface area contributed by atoms with Crippen molar-refractivity contribution < 1.29 is 14.2 Å². The van der Waals surface area contributed by atoms with Crippen LogP contribution < -0.4 is 14.2 Å². The maximum absolute atomic E-state index is 9.14. The van der Waals surface area contributed by atoms with Gasteiger partial charge in [0.05, 0.1) is 32.8 Å². The van der Waals surface area contributed by atoms with Crippen molar-refractivity contribution in [2.45, 2.75) is 19.3 Å². The zero-order chi connectivity index (χ0) is 13.3. The van der Waals surface area contributed by atoms with Crippen LogP contribution in [0.3, 0.4) is 0 Å². The highest BCUT2D eigenvalue weighted by molar-refractivity contribution is 5.54. The van der Waals surface area contributed by atoms with Crippen LogP contribution in [0.2, 0.25) is 0 Å². The Bertz CT molecular complexity index is 506. The molecule has 0 radical (unpaired) electrons. The zero-order valence-electron chi connectivity index (χ0n) is 11.1. The first-order valence-electron chi connectivity index (χ1n) is 5.80. The standard InChI is InChI=1S/C14H17NO3/c1-14(8-15)7-10(14)9-5-12(17-3)13(18-4)6-11(9)16-2/h5-6,10H,7H2,1-4H3. The Morgan fingerprint density at radius 2 is 1.67 bits per heavy atom. The molecule has 0 N–H and O–H groups in total. The molecule has 4 nitrogen and oxygen atoms in total. The average Bonchev–Trinajstić information content (AvgIpc) is 3.09. The van der Waals surface area contributed by atoms with Gasteiger partial charge in [-0.25, -0.2) is 0 Å². The maximum atomic E-state index is 9.14. The third-order valence-electron chi connectivity index (χ3n) is 3.60. The molecule has 1 aliphatic carbocycles. The molecule has 1 aliphatic rings. The summed E-state index contributed by atoms with van der Waals surface area (Å²) in [5.74, 6) is 2.26. The largest absolute Gasteiger partial charge is 0.496 e.